The van der Waals surface area contributed by atoms with Gasteiger partial charge in [-0.15, -0.1) is 0 Å². The predicted molar refractivity (Wildman–Crippen MR) is 109 cm³/mol. The average Bonchev–Trinajstić information content (AvgIpc) is 2.60. The van der Waals surface area contributed by atoms with Crippen LogP contribution in [0.4, 0.5) is 0 Å². The molecule has 24 heavy (non-hydrogen) atoms. The molecule has 1 nitrogen and oxygen atoms in total. The lowest BCUT2D eigenvalue weighted by Crippen LogP contribution is -1.83. The molecule has 0 amide bonds. The van der Waals surface area contributed by atoms with Gasteiger partial charge in [-0.2, -0.15) is 0 Å². The highest BCUT2D eigenvalue weighted by atomic mass is 16.1. The monoisotopic (exact) mass is 336 g/mol. The predicted octanol–water partition coefficient (Wildman–Crippen LogP) is 8.17. The van der Waals surface area contributed by atoms with Crippen molar-refractivity contribution in [2.24, 2.45) is 0 Å². The van der Waals surface area contributed by atoms with Crippen LogP contribution in [-0.4, -0.2) is 6.29 Å². The van der Waals surface area contributed by atoms with Crippen LogP contribution in [0, 0.1) is 0 Å². The Balaban J connectivity index is 3.01. The second-order valence-corrected chi connectivity index (χ2v) is 7.31. The Labute approximate surface area is 152 Å². The molecule has 0 aromatic heterocycles. The van der Waals surface area contributed by atoms with E-state index in [1.807, 2.05) is 0 Å². The minimum Gasteiger partial charge on any atom is -0.303 e. The van der Waals surface area contributed by atoms with Gasteiger partial charge in [0.1, 0.15) is 6.29 Å². The van der Waals surface area contributed by atoms with Gasteiger partial charge in [-0.25, -0.2) is 0 Å². The Morgan fingerprint density at radius 2 is 0.792 bits per heavy atom. The first kappa shape index (κ1) is 23.4. The first-order valence-corrected chi connectivity index (χ1v) is 11.0. The number of rotatable bonds is 20. The van der Waals surface area contributed by atoms with E-state index in [9.17, 15) is 4.79 Å². The van der Waals surface area contributed by atoms with Crippen LogP contribution in [0.1, 0.15) is 129 Å². The lowest BCUT2D eigenvalue weighted by Gasteiger charge is -2.02. The summed E-state index contributed by atoms with van der Waals surface area (Å²) in [6, 6.07) is 0. The molecular formula is C23H44O. The molecule has 0 N–H and O–H groups in total. The number of unbranched alkanes of at least 4 members (excludes halogenated alkanes) is 17. The first-order chi connectivity index (χ1) is 11.9. The van der Waals surface area contributed by atoms with Gasteiger partial charge >= 0.3 is 0 Å². The van der Waals surface area contributed by atoms with E-state index in [1.54, 1.807) is 0 Å². The molecule has 0 aromatic rings. The van der Waals surface area contributed by atoms with Gasteiger partial charge in [0.15, 0.2) is 0 Å². The van der Waals surface area contributed by atoms with Crippen molar-refractivity contribution in [1.82, 2.24) is 0 Å². The first-order valence-electron chi connectivity index (χ1n) is 11.0. The molecule has 0 heterocycles. The Hall–Kier alpha value is -0.590. The number of hydrogen-bond acceptors (Lipinski definition) is 1. The van der Waals surface area contributed by atoms with Crippen molar-refractivity contribution in [1.29, 1.82) is 0 Å². The number of aldehydes is 1. The van der Waals surface area contributed by atoms with Crippen LogP contribution in [0.3, 0.4) is 0 Å². The maximum atomic E-state index is 10.2. The van der Waals surface area contributed by atoms with Gasteiger partial charge in [0.25, 0.3) is 0 Å². The van der Waals surface area contributed by atoms with Crippen LogP contribution >= 0.6 is 0 Å². The van der Waals surface area contributed by atoms with Crippen LogP contribution in [0.5, 0.6) is 0 Å². The van der Waals surface area contributed by atoms with Crippen LogP contribution in [0.15, 0.2) is 12.2 Å². The van der Waals surface area contributed by atoms with E-state index >= 15 is 0 Å². The molecular weight excluding hydrogens is 292 g/mol. The van der Waals surface area contributed by atoms with E-state index < -0.39 is 0 Å². The van der Waals surface area contributed by atoms with Crippen LogP contribution < -0.4 is 0 Å². The maximum absolute atomic E-state index is 10.2. The fourth-order valence-corrected chi connectivity index (χ4v) is 3.18. The van der Waals surface area contributed by atoms with Gasteiger partial charge in [-0.05, 0) is 32.1 Å². The molecule has 0 bridgehead atoms. The van der Waals surface area contributed by atoms with Crippen molar-refractivity contribution in [2.45, 2.75) is 129 Å². The van der Waals surface area contributed by atoms with Crippen molar-refractivity contribution >= 4 is 6.29 Å². The van der Waals surface area contributed by atoms with Crippen molar-refractivity contribution in [2.75, 3.05) is 0 Å². The fraction of sp³-hybridized carbons (Fsp3) is 0.870. The van der Waals surface area contributed by atoms with Crippen LogP contribution in [0.2, 0.25) is 0 Å². The molecule has 0 rings (SSSR count). The zero-order valence-electron chi connectivity index (χ0n) is 16.6. The molecule has 0 aliphatic carbocycles. The summed E-state index contributed by atoms with van der Waals surface area (Å²) in [6.45, 7) is 2.27. The molecule has 0 fully saturated rings. The summed E-state index contributed by atoms with van der Waals surface area (Å²) in [6.07, 6.45) is 31.0. The van der Waals surface area contributed by atoms with E-state index in [4.69, 9.17) is 0 Å². The number of allylic oxidation sites excluding steroid dienone is 2. The molecule has 0 unspecified atom stereocenters. The average molecular weight is 337 g/mol. The Bertz CT molecular complexity index is 257. The molecule has 0 aliphatic rings. The Kier molecular flexibility index (Phi) is 21.9. The third-order valence-corrected chi connectivity index (χ3v) is 4.83. The summed E-state index contributed by atoms with van der Waals surface area (Å²) in [5.41, 5.74) is 0. The van der Waals surface area contributed by atoms with Gasteiger partial charge in [-0.3, -0.25) is 0 Å². The van der Waals surface area contributed by atoms with Crippen LogP contribution in [-0.2, 0) is 4.79 Å². The van der Waals surface area contributed by atoms with E-state index in [-0.39, 0.29) is 0 Å². The maximum Gasteiger partial charge on any atom is 0.119 e. The van der Waals surface area contributed by atoms with Gasteiger partial charge in [-0.1, -0.05) is 103 Å². The highest BCUT2D eigenvalue weighted by Gasteiger charge is 1.94. The normalized spacial score (nSPS) is 11.4. The lowest BCUT2D eigenvalue weighted by atomic mass is 10.0. The molecule has 0 aliphatic heterocycles. The Morgan fingerprint density at radius 1 is 0.458 bits per heavy atom. The molecule has 0 atom stereocenters. The molecule has 0 saturated carbocycles. The van der Waals surface area contributed by atoms with E-state index in [1.165, 1.54) is 109 Å². The molecule has 0 aromatic carbocycles. The summed E-state index contributed by atoms with van der Waals surface area (Å²) in [7, 11) is 0. The second kappa shape index (κ2) is 22.4. The summed E-state index contributed by atoms with van der Waals surface area (Å²) < 4.78 is 0. The summed E-state index contributed by atoms with van der Waals surface area (Å²) in [5.74, 6) is 0. The van der Waals surface area contributed by atoms with Crippen molar-refractivity contribution in [3.05, 3.63) is 12.2 Å². The zero-order valence-corrected chi connectivity index (χ0v) is 16.6. The minimum atomic E-state index is 0.759. The number of hydrogen-bond donors (Lipinski definition) is 0. The third-order valence-electron chi connectivity index (χ3n) is 4.83. The van der Waals surface area contributed by atoms with Gasteiger partial charge in [0, 0.05) is 6.42 Å². The van der Waals surface area contributed by atoms with Crippen molar-refractivity contribution < 1.29 is 4.79 Å². The Morgan fingerprint density at radius 3 is 1.17 bits per heavy atom. The van der Waals surface area contributed by atoms with Crippen LogP contribution in [0.25, 0.3) is 0 Å². The van der Waals surface area contributed by atoms with E-state index in [2.05, 4.69) is 19.1 Å². The smallest absolute Gasteiger partial charge is 0.119 e. The van der Waals surface area contributed by atoms with Gasteiger partial charge < -0.3 is 4.79 Å². The fourth-order valence-electron chi connectivity index (χ4n) is 3.18. The zero-order chi connectivity index (χ0) is 17.6. The molecule has 0 spiro atoms. The highest BCUT2D eigenvalue weighted by Crippen LogP contribution is 2.13. The standard InChI is InChI=1S/C23H44O/c1-2-3-4-5-6-7-8-9-10-11-12-13-14-15-16-17-18-19-20-21-22-23-24/h6-7,23H,2-5,8-22H2,1H3. The van der Waals surface area contributed by atoms with E-state index in [0.29, 0.717) is 0 Å². The highest BCUT2D eigenvalue weighted by molar-refractivity contribution is 5.48. The minimum absolute atomic E-state index is 0.759. The molecule has 0 saturated heterocycles. The SMILES string of the molecule is CCCCCC=CCCCCCCCCCCCCCCCC=O. The molecule has 1 heteroatoms. The number of carbonyl (C=O) groups is 1. The van der Waals surface area contributed by atoms with Gasteiger partial charge in [0.05, 0.1) is 0 Å². The quantitative estimate of drug-likeness (QED) is 0.124. The summed E-state index contributed by atoms with van der Waals surface area (Å²) >= 11 is 0. The number of carbonyl (C=O) groups excluding carboxylic acids is 1. The van der Waals surface area contributed by atoms with Crippen molar-refractivity contribution in [3.63, 3.8) is 0 Å². The molecule has 0 radical (unpaired) electrons. The van der Waals surface area contributed by atoms with Crippen molar-refractivity contribution in [3.8, 4) is 0 Å². The largest absolute Gasteiger partial charge is 0.303 e. The second-order valence-electron chi connectivity index (χ2n) is 7.31. The topological polar surface area (TPSA) is 17.1 Å². The van der Waals surface area contributed by atoms with Gasteiger partial charge in [0.2, 0.25) is 0 Å². The van der Waals surface area contributed by atoms with E-state index in [0.717, 1.165) is 19.1 Å². The third kappa shape index (κ3) is 21.4. The lowest BCUT2D eigenvalue weighted by molar-refractivity contribution is -0.107. The summed E-state index contributed by atoms with van der Waals surface area (Å²) in [4.78, 5) is 10.2. The summed E-state index contributed by atoms with van der Waals surface area (Å²) in [5, 5.41) is 0. The molecule has 142 valence electrons.